The van der Waals surface area contributed by atoms with Crippen LogP contribution in [-0.2, 0) is 20.8 Å². The van der Waals surface area contributed by atoms with Gasteiger partial charge < -0.3 is 0 Å². The van der Waals surface area contributed by atoms with E-state index in [0.29, 0.717) is 6.42 Å². The van der Waals surface area contributed by atoms with Crippen LogP contribution in [0.2, 0.25) is 0 Å². The molecule has 0 atom stereocenters. The molecule has 1 aliphatic rings. The molecule has 132 valence electrons. The molecule has 0 heterocycles. The Morgan fingerprint density at radius 2 is 1.76 bits per heavy atom. The molecule has 0 bridgehead atoms. The van der Waals surface area contributed by atoms with Gasteiger partial charge in [0, 0.05) is 5.56 Å². The second kappa shape index (κ2) is 6.14. The highest BCUT2D eigenvalue weighted by Gasteiger charge is 2.49. The van der Waals surface area contributed by atoms with Crippen molar-refractivity contribution in [3.8, 4) is 11.1 Å². The molecule has 0 saturated carbocycles. The molecule has 4 nitrogen and oxygen atoms in total. The molecule has 1 aliphatic carbocycles. The number of fused-ring (bicyclic) bond motifs is 3. The van der Waals surface area contributed by atoms with Crippen LogP contribution in [0.5, 0.6) is 0 Å². The highest BCUT2D eigenvalue weighted by atomic mass is 32.2. The number of halogens is 4. The van der Waals surface area contributed by atoms with E-state index in [2.05, 4.69) is 9.44 Å². The van der Waals surface area contributed by atoms with Crippen molar-refractivity contribution in [1.82, 2.24) is 0 Å². The molecule has 0 N–H and O–H groups in total. The molecule has 0 spiro atoms. The Kier molecular flexibility index (Phi) is 4.28. The van der Waals surface area contributed by atoms with E-state index >= 15 is 0 Å². The first-order valence-electron chi connectivity index (χ1n) is 7.07. The van der Waals surface area contributed by atoms with Gasteiger partial charge in [-0.3, -0.25) is 4.28 Å². The van der Waals surface area contributed by atoms with Crippen molar-refractivity contribution in [2.75, 3.05) is 6.67 Å². The van der Waals surface area contributed by atoms with Gasteiger partial charge in [0.15, 0.2) is 0 Å². The van der Waals surface area contributed by atoms with E-state index < -0.39 is 28.0 Å². The number of nitrogens with zero attached hydrogens (tertiary/aromatic N) is 1. The molecule has 0 radical (unpaired) electrons. The Bertz CT molecular complexity index is 952. The van der Waals surface area contributed by atoms with Crippen molar-refractivity contribution in [3.63, 3.8) is 0 Å². The van der Waals surface area contributed by atoms with Gasteiger partial charge in [-0.15, -0.1) is 0 Å². The van der Waals surface area contributed by atoms with Gasteiger partial charge in [-0.1, -0.05) is 41.6 Å². The van der Waals surface area contributed by atoms with Crippen molar-refractivity contribution in [2.24, 2.45) is 5.16 Å². The maximum atomic E-state index is 13.2. The lowest BCUT2D eigenvalue weighted by atomic mass is 10.0. The Labute approximate surface area is 140 Å². The van der Waals surface area contributed by atoms with E-state index in [1.807, 2.05) is 24.3 Å². The minimum absolute atomic E-state index is 0.148. The van der Waals surface area contributed by atoms with E-state index in [-0.39, 0.29) is 5.56 Å². The van der Waals surface area contributed by atoms with Crippen LogP contribution in [0.4, 0.5) is 17.6 Å². The highest BCUT2D eigenvalue weighted by molar-refractivity contribution is 7.87. The second-order valence-electron chi connectivity index (χ2n) is 5.35. The molecular formula is C16H11F4NO3S. The summed E-state index contributed by atoms with van der Waals surface area (Å²) < 4.78 is 75.3. The van der Waals surface area contributed by atoms with E-state index in [1.54, 1.807) is 12.1 Å². The number of alkyl halides is 4. The van der Waals surface area contributed by atoms with E-state index in [1.165, 1.54) is 6.07 Å². The van der Waals surface area contributed by atoms with Gasteiger partial charge in [0.05, 0.1) is 0 Å². The molecule has 25 heavy (non-hydrogen) atoms. The second-order valence-corrected chi connectivity index (χ2v) is 6.87. The first-order valence-corrected chi connectivity index (χ1v) is 8.48. The number of oxime groups is 1. The lowest BCUT2D eigenvalue weighted by Gasteiger charge is -2.08. The summed E-state index contributed by atoms with van der Waals surface area (Å²) in [4.78, 5) is 0. The molecular weight excluding hydrogens is 362 g/mol. The van der Waals surface area contributed by atoms with Crippen molar-refractivity contribution in [2.45, 2.75) is 11.9 Å². The first kappa shape index (κ1) is 17.4. The summed E-state index contributed by atoms with van der Waals surface area (Å²) in [6, 6.07) is 12.3. The van der Waals surface area contributed by atoms with Crippen LogP contribution in [0.15, 0.2) is 47.6 Å². The SMILES string of the molecule is O=S(=O)(ON=C(CF)c1ccc2c(c1)-c1ccccc1C2)C(F)(F)F. The van der Waals surface area contributed by atoms with Gasteiger partial charge in [0.2, 0.25) is 0 Å². The van der Waals surface area contributed by atoms with E-state index in [4.69, 9.17) is 0 Å². The lowest BCUT2D eigenvalue weighted by molar-refractivity contribution is -0.0541. The van der Waals surface area contributed by atoms with Crippen LogP contribution in [0.1, 0.15) is 16.7 Å². The summed E-state index contributed by atoms with van der Waals surface area (Å²) in [5.74, 6) is 0. The van der Waals surface area contributed by atoms with Gasteiger partial charge in [-0.2, -0.15) is 21.6 Å². The third-order valence-electron chi connectivity index (χ3n) is 3.79. The highest BCUT2D eigenvalue weighted by Crippen LogP contribution is 2.37. The van der Waals surface area contributed by atoms with Gasteiger partial charge in [0.25, 0.3) is 0 Å². The van der Waals surface area contributed by atoms with Gasteiger partial charge >= 0.3 is 15.6 Å². The van der Waals surface area contributed by atoms with Crippen LogP contribution >= 0.6 is 0 Å². The van der Waals surface area contributed by atoms with Crippen LogP contribution in [0.3, 0.4) is 0 Å². The predicted octanol–water partition coefficient (Wildman–Crippen LogP) is 3.80. The summed E-state index contributed by atoms with van der Waals surface area (Å²) >= 11 is 0. The molecule has 0 aliphatic heterocycles. The van der Waals surface area contributed by atoms with Gasteiger partial charge in [0.1, 0.15) is 12.4 Å². The molecule has 9 heteroatoms. The predicted molar refractivity (Wildman–Crippen MR) is 83.3 cm³/mol. The van der Waals surface area contributed by atoms with Gasteiger partial charge in [-0.05, 0) is 34.7 Å². The summed E-state index contributed by atoms with van der Waals surface area (Å²) in [6.07, 6.45) is 0.687. The van der Waals surface area contributed by atoms with Crippen LogP contribution in [0.25, 0.3) is 11.1 Å². The summed E-state index contributed by atoms with van der Waals surface area (Å²) in [6.45, 7) is -1.28. The molecule has 0 saturated heterocycles. The quantitative estimate of drug-likeness (QED) is 0.303. The molecule has 0 unspecified atom stereocenters. The third kappa shape index (κ3) is 3.23. The summed E-state index contributed by atoms with van der Waals surface area (Å²) in [7, 11) is -5.93. The smallest absolute Gasteiger partial charge is 0.261 e. The topological polar surface area (TPSA) is 55.7 Å². The fourth-order valence-electron chi connectivity index (χ4n) is 2.59. The average molecular weight is 373 g/mol. The minimum Gasteiger partial charge on any atom is -0.261 e. The zero-order valence-electron chi connectivity index (χ0n) is 12.5. The average Bonchev–Trinajstić information content (AvgIpc) is 2.92. The maximum Gasteiger partial charge on any atom is 0.536 e. The summed E-state index contributed by atoms with van der Waals surface area (Å²) in [5.41, 5.74) is -2.24. The van der Waals surface area contributed by atoms with Crippen LogP contribution in [-0.4, -0.2) is 26.3 Å². The van der Waals surface area contributed by atoms with Gasteiger partial charge in [-0.25, -0.2) is 4.39 Å². The maximum absolute atomic E-state index is 13.2. The van der Waals surface area contributed by atoms with E-state index in [0.717, 1.165) is 22.3 Å². The van der Waals surface area contributed by atoms with Crippen molar-refractivity contribution < 1.29 is 30.3 Å². The third-order valence-corrected chi connectivity index (χ3v) is 4.62. The fraction of sp³-hybridized carbons (Fsp3) is 0.188. The zero-order valence-corrected chi connectivity index (χ0v) is 13.4. The molecule has 3 rings (SSSR count). The lowest BCUT2D eigenvalue weighted by Crippen LogP contribution is -2.24. The Morgan fingerprint density at radius 3 is 2.44 bits per heavy atom. The van der Waals surface area contributed by atoms with Crippen molar-refractivity contribution >= 4 is 15.8 Å². The first-order chi connectivity index (χ1) is 11.7. The van der Waals surface area contributed by atoms with Crippen LogP contribution in [0, 0.1) is 0 Å². The molecule has 2 aromatic rings. The molecule has 0 fully saturated rings. The zero-order chi connectivity index (χ0) is 18.2. The molecule has 0 aromatic heterocycles. The standard InChI is InChI=1S/C16H11F4NO3S/c17-9-15(21-24-25(22,23)16(18,19)20)12-6-5-11-7-10-3-1-2-4-13(10)14(11)8-12/h1-6,8H,7,9H2. The largest absolute Gasteiger partial charge is 0.536 e. The molecule has 0 amide bonds. The Balaban J connectivity index is 1.96. The number of rotatable bonds is 4. The monoisotopic (exact) mass is 373 g/mol. The molecule has 2 aromatic carbocycles. The fourth-order valence-corrected chi connectivity index (χ4v) is 2.87. The van der Waals surface area contributed by atoms with E-state index in [9.17, 15) is 26.0 Å². The normalized spacial score (nSPS) is 14.2. The Morgan fingerprint density at radius 1 is 1.08 bits per heavy atom. The van der Waals surface area contributed by atoms with Crippen LogP contribution < -0.4 is 0 Å². The number of hydrogen-bond donors (Lipinski definition) is 0. The Hall–Kier alpha value is -2.42. The number of benzene rings is 2. The van der Waals surface area contributed by atoms with Crippen molar-refractivity contribution in [3.05, 3.63) is 59.2 Å². The minimum atomic E-state index is -5.93. The summed E-state index contributed by atoms with van der Waals surface area (Å²) in [5, 5.41) is 2.87. The number of hydrogen-bond acceptors (Lipinski definition) is 4. The van der Waals surface area contributed by atoms with Crippen molar-refractivity contribution in [1.29, 1.82) is 0 Å².